The van der Waals surface area contributed by atoms with E-state index < -0.39 is 0 Å². The van der Waals surface area contributed by atoms with Crippen LogP contribution >= 0.6 is 0 Å². The Morgan fingerprint density at radius 1 is 1.07 bits per heavy atom. The zero-order chi connectivity index (χ0) is 20.3. The summed E-state index contributed by atoms with van der Waals surface area (Å²) in [6, 6.07) is 15.5. The van der Waals surface area contributed by atoms with Gasteiger partial charge < -0.3 is 10.2 Å². The molecule has 0 saturated heterocycles. The molecular formula is C23H25N3O2. The van der Waals surface area contributed by atoms with Crippen LogP contribution in [0.4, 0.5) is 5.69 Å². The fourth-order valence-corrected chi connectivity index (χ4v) is 3.24. The number of rotatable bonds is 5. The fourth-order valence-electron chi connectivity index (χ4n) is 3.24. The molecule has 2 amide bonds. The summed E-state index contributed by atoms with van der Waals surface area (Å²) in [5.41, 5.74) is 4.84. The van der Waals surface area contributed by atoms with Crippen LogP contribution in [0.2, 0.25) is 0 Å². The minimum atomic E-state index is -0.202. The number of anilines is 1. The van der Waals surface area contributed by atoms with E-state index in [1.54, 1.807) is 11.8 Å². The third-order valence-corrected chi connectivity index (χ3v) is 4.86. The Hall–Kier alpha value is -3.21. The number of pyridine rings is 1. The number of carbonyl (C=O) groups excluding carboxylic acids is 2. The molecule has 1 heterocycles. The molecule has 1 N–H and O–H groups in total. The first-order valence-electron chi connectivity index (χ1n) is 9.41. The molecule has 5 nitrogen and oxygen atoms in total. The van der Waals surface area contributed by atoms with Gasteiger partial charge in [0.15, 0.2) is 0 Å². The Morgan fingerprint density at radius 3 is 2.54 bits per heavy atom. The number of amides is 2. The van der Waals surface area contributed by atoms with Crippen LogP contribution in [-0.2, 0) is 11.3 Å². The molecule has 0 aliphatic heterocycles. The normalized spacial score (nSPS) is 10.7. The van der Waals surface area contributed by atoms with E-state index in [-0.39, 0.29) is 11.8 Å². The van der Waals surface area contributed by atoms with Crippen LogP contribution < -0.4 is 5.32 Å². The predicted octanol–water partition coefficient (Wildman–Crippen LogP) is 4.47. The van der Waals surface area contributed by atoms with Crippen LogP contribution in [-0.4, -0.2) is 28.2 Å². The quantitative estimate of drug-likeness (QED) is 0.715. The van der Waals surface area contributed by atoms with Crippen molar-refractivity contribution in [3.8, 4) is 0 Å². The van der Waals surface area contributed by atoms with Gasteiger partial charge in [0.05, 0.1) is 16.8 Å². The summed E-state index contributed by atoms with van der Waals surface area (Å²) < 4.78 is 0. The van der Waals surface area contributed by atoms with E-state index in [1.807, 2.05) is 69.3 Å². The largest absolute Gasteiger partial charge is 0.339 e. The van der Waals surface area contributed by atoms with Crippen molar-refractivity contribution in [2.45, 2.75) is 34.2 Å². The average Bonchev–Trinajstić information content (AvgIpc) is 2.66. The number of nitrogens with one attached hydrogen (secondary N) is 1. The van der Waals surface area contributed by atoms with E-state index in [1.165, 1.54) is 0 Å². The summed E-state index contributed by atoms with van der Waals surface area (Å²) >= 11 is 0. The van der Waals surface area contributed by atoms with Gasteiger partial charge in [0, 0.05) is 31.1 Å². The smallest absolute Gasteiger partial charge is 0.257 e. The molecule has 5 heteroatoms. The SMILES string of the molecule is CCN(Cc1ccccc1NC(=O)c1cc2cc(C)ccc2nc1C)C(C)=O. The molecule has 3 rings (SSSR count). The highest BCUT2D eigenvalue weighted by molar-refractivity contribution is 6.07. The first-order valence-corrected chi connectivity index (χ1v) is 9.41. The lowest BCUT2D eigenvalue weighted by atomic mass is 10.1. The van der Waals surface area contributed by atoms with E-state index in [0.29, 0.717) is 30.0 Å². The van der Waals surface area contributed by atoms with E-state index in [4.69, 9.17) is 0 Å². The first kappa shape index (κ1) is 19.5. The monoisotopic (exact) mass is 375 g/mol. The van der Waals surface area contributed by atoms with Gasteiger partial charge in [-0.15, -0.1) is 0 Å². The van der Waals surface area contributed by atoms with Crippen LogP contribution in [0, 0.1) is 13.8 Å². The Balaban J connectivity index is 1.90. The fraction of sp³-hybridized carbons (Fsp3) is 0.261. The van der Waals surface area contributed by atoms with E-state index >= 15 is 0 Å². The predicted molar refractivity (Wildman–Crippen MR) is 112 cm³/mol. The molecule has 0 saturated carbocycles. The minimum Gasteiger partial charge on any atom is -0.339 e. The molecule has 3 aromatic rings. The summed E-state index contributed by atoms with van der Waals surface area (Å²) in [7, 11) is 0. The van der Waals surface area contributed by atoms with Crippen molar-refractivity contribution in [2.75, 3.05) is 11.9 Å². The maximum atomic E-state index is 13.0. The lowest BCUT2D eigenvalue weighted by molar-refractivity contribution is -0.129. The van der Waals surface area contributed by atoms with E-state index in [9.17, 15) is 9.59 Å². The van der Waals surface area contributed by atoms with Gasteiger partial charge >= 0.3 is 0 Å². The Bertz CT molecular complexity index is 1040. The average molecular weight is 375 g/mol. The van der Waals surface area contributed by atoms with E-state index in [2.05, 4.69) is 10.3 Å². The molecule has 0 atom stereocenters. The number of aromatic nitrogens is 1. The zero-order valence-corrected chi connectivity index (χ0v) is 16.7. The molecular weight excluding hydrogens is 350 g/mol. The number of fused-ring (bicyclic) bond motifs is 1. The van der Waals surface area contributed by atoms with Crippen LogP contribution in [0.3, 0.4) is 0 Å². The summed E-state index contributed by atoms with van der Waals surface area (Å²) in [5, 5.41) is 3.94. The standard InChI is InChI=1S/C23H25N3O2/c1-5-26(17(4)27)14-18-8-6-7-9-21(18)25-23(28)20-13-19-12-15(2)10-11-22(19)24-16(20)3/h6-13H,5,14H2,1-4H3,(H,25,28). The molecule has 0 spiro atoms. The third kappa shape index (κ3) is 4.19. The Kier molecular flexibility index (Phi) is 5.73. The maximum Gasteiger partial charge on any atom is 0.257 e. The highest BCUT2D eigenvalue weighted by Gasteiger charge is 2.15. The van der Waals surface area contributed by atoms with Crippen molar-refractivity contribution in [1.82, 2.24) is 9.88 Å². The lowest BCUT2D eigenvalue weighted by Gasteiger charge is -2.21. The summed E-state index contributed by atoms with van der Waals surface area (Å²) in [6.07, 6.45) is 0. The van der Waals surface area contributed by atoms with Crippen molar-refractivity contribution in [3.05, 3.63) is 70.9 Å². The number of carbonyl (C=O) groups is 2. The van der Waals surface area contributed by atoms with E-state index in [0.717, 1.165) is 22.0 Å². The highest BCUT2D eigenvalue weighted by atomic mass is 16.2. The summed E-state index contributed by atoms with van der Waals surface area (Å²) in [6.45, 7) is 8.42. The molecule has 1 aromatic heterocycles. The molecule has 0 aliphatic carbocycles. The number of para-hydroxylation sites is 1. The van der Waals surface area contributed by atoms with Gasteiger partial charge in [-0.05, 0) is 50.6 Å². The topological polar surface area (TPSA) is 62.3 Å². The molecule has 28 heavy (non-hydrogen) atoms. The lowest BCUT2D eigenvalue weighted by Crippen LogP contribution is -2.28. The number of hydrogen-bond donors (Lipinski definition) is 1. The molecule has 2 aromatic carbocycles. The van der Waals surface area contributed by atoms with Crippen LogP contribution in [0.15, 0.2) is 48.5 Å². The van der Waals surface area contributed by atoms with Gasteiger partial charge in [0.1, 0.15) is 0 Å². The van der Waals surface area contributed by atoms with Crippen LogP contribution in [0.25, 0.3) is 10.9 Å². The number of benzene rings is 2. The minimum absolute atomic E-state index is 0.00794. The first-order chi connectivity index (χ1) is 13.4. The van der Waals surface area contributed by atoms with Gasteiger partial charge in [-0.3, -0.25) is 14.6 Å². The summed E-state index contributed by atoms with van der Waals surface area (Å²) in [4.78, 5) is 31.0. The molecule has 0 unspecified atom stereocenters. The molecule has 0 radical (unpaired) electrons. The van der Waals surface area contributed by atoms with Crippen molar-refractivity contribution in [3.63, 3.8) is 0 Å². The maximum absolute atomic E-state index is 13.0. The van der Waals surface area contributed by atoms with Gasteiger partial charge in [-0.1, -0.05) is 29.8 Å². The molecule has 0 aliphatic rings. The number of aryl methyl sites for hydroxylation is 2. The third-order valence-electron chi connectivity index (χ3n) is 4.86. The van der Waals surface area contributed by atoms with Crippen LogP contribution in [0.1, 0.15) is 41.0 Å². The van der Waals surface area contributed by atoms with Crippen molar-refractivity contribution in [2.24, 2.45) is 0 Å². The van der Waals surface area contributed by atoms with Gasteiger partial charge in [-0.25, -0.2) is 0 Å². The Labute approximate surface area is 165 Å². The number of nitrogens with zero attached hydrogens (tertiary/aromatic N) is 2. The second-order valence-electron chi connectivity index (χ2n) is 6.96. The second kappa shape index (κ2) is 8.21. The van der Waals surface area contributed by atoms with Crippen molar-refractivity contribution in [1.29, 1.82) is 0 Å². The summed E-state index contributed by atoms with van der Waals surface area (Å²) in [5.74, 6) is -0.194. The molecule has 0 bridgehead atoms. The molecule has 144 valence electrons. The second-order valence-corrected chi connectivity index (χ2v) is 6.96. The highest BCUT2D eigenvalue weighted by Crippen LogP contribution is 2.22. The van der Waals surface area contributed by atoms with Crippen LogP contribution in [0.5, 0.6) is 0 Å². The van der Waals surface area contributed by atoms with Gasteiger partial charge in [-0.2, -0.15) is 0 Å². The molecule has 0 fully saturated rings. The van der Waals surface area contributed by atoms with Crippen molar-refractivity contribution >= 4 is 28.4 Å². The number of hydrogen-bond acceptors (Lipinski definition) is 3. The van der Waals surface area contributed by atoms with Gasteiger partial charge in [0.2, 0.25) is 5.91 Å². The van der Waals surface area contributed by atoms with Gasteiger partial charge in [0.25, 0.3) is 5.91 Å². The van der Waals surface area contributed by atoms with Crippen molar-refractivity contribution < 1.29 is 9.59 Å². The Morgan fingerprint density at radius 2 is 1.82 bits per heavy atom. The zero-order valence-electron chi connectivity index (χ0n) is 16.7.